The van der Waals surface area contributed by atoms with Crippen LogP contribution >= 0.6 is 0 Å². The molecule has 0 spiro atoms. The highest BCUT2D eigenvalue weighted by molar-refractivity contribution is 5.96. The second-order valence-corrected chi connectivity index (χ2v) is 10.9. The number of amides is 1. The maximum Gasteiger partial charge on any atom is 0.320 e. The van der Waals surface area contributed by atoms with Gasteiger partial charge in [0.05, 0.1) is 18.5 Å². The highest BCUT2D eigenvalue weighted by Gasteiger charge is 2.23. The lowest BCUT2D eigenvalue weighted by molar-refractivity contribution is -0.144. The van der Waals surface area contributed by atoms with Crippen LogP contribution < -0.4 is 16.5 Å². The average molecular weight is 567 g/mol. The van der Waals surface area contributed by atoms with Gasteiger partial charge in [0.1, 0.15) is 5.56 Å². The normalized spacial score (nSPS) is 15.5. The Kier molecular flexibility index (Phi) is 7.71. The predicted octanol–water partition coefficient (Wildman–Crippen LogP) is 3.85. The van der Waals surface area contributed by atoms with Crippen molar-refractivity contribution in [3.63, 3.8) is 0 Å². The van der Waals surface area contributed by atoms with E-state index in [0.717, 1.165) is 56.6 Å². The van der Waals surface area contributed by atoms with Gasteiger partial charge in [-0.3, -0.25) is 19.3 Å². The molecular weight excluding hydrogens is 532 g/mol. The summed E-state index contributed by atoms with van der Waals surface area (Å²) in [5.74, 6) is -0.192. The summed E-state index contributed by atoms with van der Waals surface area (Å²) in [6, 6.07) is 14.4. The molecule has 10 heteroatoms. The van der Waals surface area contributed by atoms with Gasteiger partial charge in [0.15, 0.2) is 5.65 Å². The van der Waals surface area contributed by atoms with Crippen LogP contribution in [-0.2, 0) is 22.4 Å². The summed E-state index contributed by atoms with van der Waals surface area (Å²) < 4.78 is 6.82. The Balaban J connectivity index is 1.23. The second-order valence-electron chi connectivity index (χ2n) is 10.9. The number of esters is 1. The number of aromatic nitrogens is 3. The van der Waals surface area contributed by atoms with E-state index in [1.165, 1.54) is 29.1 Å². The molecule has 0 unspecified atom stereocenters. The molecule has 216 valence electrons. The molecule has 2 aromatic heterocycles. The molecule has 1 saturated heterocycles. The molecule has 1 amide bonds. The molecule has 10 nitrogen and oxygen atoms in total. The largest absolute Gasteiger partial charge is 0.465 e. The summed E-state index contributed by atoms with van der Waals surface area (Å²) in [5.41, 5.74) is 10.8. The van der Waals surface area contributed by atoms with E-state index in [2.05, 4.69) is 39.5 Å². The molecule has 3 heterocycles. The molecule has 0 radical (unpaired) electrons. The van der Waals surface area contributed by atoms with Gasteiger partial charge < -0.3 is 20.4 Å². The summed E-state index contributed by atoms with van der Waals surface area (Å²) in [6.45, 7) is 4.29. The Morgan fingerprint density at radius 1 is 1.07 bits per heavy atom. The smallest absolute Gasteiger partial charge is 0.320 e. The van der Waals surface area contributed by atoms with Gasteiger partial charge in [0.25, 0.3) is 5.91 Å². The van der Waals surface area contributed by atoms with Crippen molar-refractivity contribution in [2.75, 3.05) is 31.6 Å². The molecule has 0 bridgehead atoms. The highest BCUT2D eigenvalue weighted by Crippen LogP contribution is 2.30. The highest BCUT2D eigenvalue weighted by atomic mass is 16.5. The first-order chi connectivity index (χ1) is 20.4. The first-order valence-electron chi connectivity index (χ1n) is 14.5. The summed E-state index contributed by atoms with van der Waals surface area (Å²) >= 11 is 0. The minimum Gasteiger partial charge on any atom is -0.465 e. The molecule has 6 rings (SSSR count). The van der Waals surface area contributed by atoms with Gasteiger partial charge in [-0.2, -0.15) is 4.98 Å². The molecule has 3 N–H and O–H groups in total. The molecule has 1 fully saturated rings. The Labute approximate surface area is 243 Å². The third kappa shape index (κ3) is 5.62. The Morgan fingerprint density at radius 2 is 1.83 bits per heavy atom. The lowest BCUT2D eigenvalue weighted by Gasteiger charge is -2.31. The van der Waals surface area contributed by atoms with Crippen LogP contribution in [0.5, 0.6) is 0 Å². The zero-order chi connectivity index (χ0) is 29.2. The maximum atomic E-state index is 13.1. The van der Waals surface area contributed by atoms with Gasteiger partial charge in [-0.25, -0.2) is 4.98 Å². The maximum absolute atomic E-state index is 13.1. The van der Waals surface area contributed by atoms with Crippen molar-refractivity contribution in [1.82, 2.24) is 19.4 Å². The fourth-order valence-electron chi connectivity index (χ4n) is 6.03. The van der Waals surface area contributed by atoms with Gasteiger partial charge in [-0.1, -0.05) is 18.2 Å². The van der Waals surface area contributed by atoms with Crippen molar-refractivity contribution in [3.8, 4) is 5.69 Å². The first-order valence-corrected chi connectivity index (χ1v) is 14.5. The van der Waals surface area contributed by atoms with Crippen LogP contribution in [0.25, 0.3) is 16.7 Å². The molecular formula is C32H34N6O4. The molecule has 2 aromatic carbocycles. The monoisotopic (exact) mass is 566 g/mol. The number of rotatable bonds is 8. The van der Waals surface area contributed by atoms with Crippen molar-refractivity contribution in [2.24, 2.45) is 5.73 Å². The minimum absolute atomic E-state index is 0.102. The predicted molar refractivity (Wildman–Crippen MR) is 160 cm³/mol. The number of hydrogen-bond donors (Lipinski definition) is 2. The van der Waals surface area contributed by atoms with Crippen molar-refractivity contribution in [3.05, 3.63) is 87.3 Å². The topological polar surface area (TPSA) is 132 Å². The number of aryl methyl sites for hydroxylation is 2. The van der Waals surface area contributed by atoms with Crippen LogP contribution in [0.1, 0.15) is 59.2 Å². The van der Waals surface area contributed by atoms with E-state index in [1.54, 1.807) is 4.57 Å². The van der Waals surface area contributed by atoms with Crippen LogP contribution in [0.15, 0.2) is 59.7 Å². The van der Waals surface area contributed by atoms with Crippen LogP contribution in [0.2, 0.25) is 0 Å². The van der Waals surface area contributed by atoms with Gasteiger partial charge in [-0.15, -0.1) is 0 Å². The van der Waals surface area contributed by atoms with E-state index in [9.17, 15) is 14.4 Å². The number of nitrogens with two attached hydrogens (primary N) is 1. The lowest BCUT2D eigenvalue weighted by Crippen LogP contribution is -2.37. The van der Waals surface area contributed by atoms with Crippen molar-refractivity contribution in [2.45, 2.75) is 44.9 Å². The number of pyridine rings is 1. The van der Waals surface area contributed by atoms with Gasteiger partial charge in [0.2, 0.25) is 11.4 Å². The van der Waals surface area contributed by atoms with E-state index in [-0.39, 0.29) is 16.9 Å². The van der Waals surface area contributed by atoms with Gasteiger partial charge in [-0.05, 0) is 99.0 Å². The summed E-state index contributed by atoms with van der Waals surface area (Å²) in [5, 5.41) is 3.48. The number of benzene rings is 2. The standard InChI is InChI=1S/C32H34N6O4/c1-2-42-28(39)19-37-14-12-22(13-15-37)21-6-9-24(10-7-21)35-32-34-17-26-29(40)27(30(33)41)18-38(31(26)36-32)25-11-8-20-4-3-5-23(20)16-25/h6-11,16-18,22H,2-5,12-15,19H2,1H3,(H2,33,41)(H,34,35,36). The van der Waals surface area contributed by atoms with E-state index in [4.69, 9.17) is 15.5 Å². The van der Waals surface area contributed by atoms with Crippen molar-refractivity contribution < 1.29 is 14.3 Å². The fraction of sp³-hybridized carbons (Fsp3) is 0.344. The minimum atomic E-state index is -0.788. The zero-order valence-corrected chi connectivity index (χ0v) is 23.6. The third-order valence-electron chi connectivity index (χ3n) is 8.25. The summed E-state index contributed by atoms with van der Waals surface area (Å²) in [6.07, 6.45) is 8.04. The number of fused-ring (bicyclic) bond motifs is 2. The molecule has 1 aliphatic carbocycles. The quantitative estimate of drug-likeness (QED) is 0.307. The Hall–Kier alpha value is -4.57. The van der Waals surface area contributed by atoms with Crippen LogP contribution in [0.4, 0.5) is 11.6 Å². The van der Waals surface area contributed by atoms with E-state index in [1.807, 2.05) is 25.1 Å². The number of nitrogens with one attached hydrogen (secondary N) is 1. The summed E-state index contributed by atoms with van der Waals surface area (Å²) in [4.78, 5) is 48.2. The number of anilines is 2. The van der Waals surface area contributed by atoms with Gasteiger partial charge in [0, 0.05) is 23.8 Å². The van der Waals surface area contributed by atoms with E-state index in [0.29, 0.717) is 30.7 Å². The van der Waals surface area contributed by atoms with Gasteiger partial charge >= 0.3 is 5.97 Å². The zero-order valence-electron chi connectivity index (χ0n) is 23.6. The van der Waals surface area contributed by atoms with E-state index < -0.39 is 11.3 Å². The lowest BCUT2D eigenvalue weighted by atomic mass is 9.89. The van der Waals surface area contributed by atoms with Crippen molar-refractivity contribution in [1.29, 1.82) is 0 Å². The molecule has 0 saturated carbocycles. The average Bonchev–Trinajstić information content (AvgIpc) is 3.46. The first kappa shape index (κ1) is 27.6. The Morgan fingerprint density at radius 3 is 2.57 bits per heavy atom. The molecule has 2 aliphatic rings. The third-order valence-corrected chi connectivity index (χ3v) is 8.25. The molecule has 42 heavy (non-hydrogen) atoms. The number of likely N-dealkylation sites (tertiary alicyclic amines) is 1. The SMILES string of the molecule is CCOC(=O)CN1CCC(c2ccc(Nc3ncc4c(=O)c(C(N)=O)cn(-c5ccc6c(c5)CCC6)c4n3)cc2)CC1. The van der Waals surface area contributed by atoms with Crippen LogP contribution in [0.3, 0.4) is 0 Å². The second kappa shape index (κ2) is 11.7. The molecule has 0 atom stereocenters. The van der Waals surface area contributed by atoms with E-state index >= 15 is 0 Å². The fourth-order valence-corrected chi connectivity index (χ4v) is 6.03. The van der Waals surface area contributed by atoms with Crippen molar-refractivity contribution >= 4 is 34.5 Å². The molecule has 4 aromatic rings. The molecule has 1 aliphatic heterocycles. The number of ether oxygens (including phenoxy) is 1. The summed E-state index contributed by atoms with van der Waals surface area (Å²) in [7, 11) is 0. The number of hydrogen-bond acceptors (Lipinski definition) is 8. The van der Waals surface area contributed by atoms with Crippen LogP contribution in [-0.4, -0.2) is 57.6 Å². The number of carbonyl (C=O) groups is 2. The number of primary amides is 1. The number of nitrogens with zero attached hydrogens (tertiary/aromatic N) is 4. The van der Waals surface area contributed by atoms with Crippen LogP contribution in [0, 0.1) is 0 Å². The Bertz CT molecular complexity index is 1710. The number of piperidine rings is 1. The number of carbonyl (C=O) groups excluding carboxylic acids is 2.